The van der Waals surface area contributed by atoms with Gasteiger partial charge in [-0.05, 0) is 38.0 Å². The lowest BCUT2D eigenvalue weighted by Crippen LogP contribution is -2.30. The highest BCUT2D eigenvalue weighted by atomic mass is 16.4. The minimum atomic E-state index is -0.865. The Morgan fingerprint density at radius 2 is 2.12 bits per heavy atom. The lowest BCUT2D eigenvalue weighted by Gasteiger charge is -2.28. The van der Waals surface area contributed by atoms with Gasteiger partial charge < -0.3 is 10.0 Å². The van der Waals surface area contributed by atoms with E-state index in [4.69, 9.17) is 0 Å². The van der Waals surface area contributed by atoms with Crippen LogP contribution in [0.3, 0.4) is 0 Å². The maximum Gasteiger partial charge on any atom is 0.337 e. The first-order valence-corrected chi connectivity index (χ1v) is 6.04. The van der Waals surface area contributed by atoms with Gasteiger partial charge >= 0.3 is 5.97 Å². The third kappa shape index (κ3) is 3.22. The molecule has 0 bridgehead atoms. The fourth-order valence-electron chi connectivity index (χ4n) is 1.96. The molecule has 1 aromatic carbocycles. The quantitative estimate of drug-likeness (QED) is 0.851. The fourth-order valence-corrected chi connectivity index (χ4v) is 1.96. The van der Waals surface area contributed by atoms with E-state index in [1.54, 1.807) is 6.07 Å². The van der Waals surface area contributed by atoms with E-state index < -0.39 is 5.97 Å². The maximum absolute atomic E-state index is 11.2. The summed E-state index contributed by atoms with van der Waals surface area (Å²) in [5.74, 6) is -0.865. The lowest BCUT2D eigenvalue weighted by atomic mass is 10.1. The van der Waals surface area contributed by atoms with Crippen molar-refractivity contribution in [2.24, 2.45) is 0 Å². The van der Waals surface area contributed by atoms with E-state index in [9.17, 15) is 9.90 Å². The van der Waals surface area contributed by atoms with E-state index in [1.165, 1.54) is 0 Å². The minimum Gasteiger partial charge on any atom is -0.478 e. The van der Waals surface area contributed by atoms with Crippen molar-refractivity contribution in [1.29, 1.82) is 0 Å². The van der Waals surface area contributed by atoms with E-state index in [0.29, 0.717) is 11.6 Å². The third-order valence-corrected chi connectivity index (χ3v) is 3.13. The van der Waals surface area contributed by atoms with Crippen LogP contribution in [0.15, 0.2) is 18.2 Å². The van der Waals surface area contributed by atoms with Crippen molar-refractivity contribution in [3.8, 4) is 0 Å². The van der Waals surface area contributed by atoms with Crippen LogP contribution in [0.25, 0.3) is 0 Å². The normalized spacial score (nSPS) is 12.2. The van der Waals surface area contributed by atoms with Crippen LogP contribution < -0.4 is 4.90 Å². The van der Waals surface area contributed by atoms with Crippen molar-refractivity contribution < 1.29 is 9.90 Å². The molecule has 0 spiro atoms. The van der Waals surface area contributed by atoms with Crippen molar-refractivity contribution in [3.05, 3.63) is 29.3 Å². The average molecular weight is 235 g/mol. The minimum absolute atomic E-state index is 0.347. The molecule has 0 saturated carbocycles. The Labute approximate surface area is 103 Å². The van der Waals surface area contributed by atoms with Crippen molar-refractivity contribution in [1.82, 2.24) is 0 Å². The highest BCUT2D eigenvalue weighted by Crippen LogP contribution is 2.24. The number of aryl methyl sites for hydroxylation is 1. The van der Waals surface area contributed by atoms with Crippen LogP contribution in [0.5, 0.6) is 0 Å². The fraction of sp³-hybridized carbons (Fsp3) is 0.500. The molecular formula is C14H21NO2. The number of aromatic carboxylic acids is 1. The lowest BCUT2D eigenvalue weighted by molar-refractivity contribution is 0.0697. The number of rotatable bonds is 5. The standard InChI is InChI=1S/C14H21NO2/c1-5-6-11(3)15(4)13-9-10(2)7-8-12(13)14(16)17/h7-9,11H,5-6H2,1-4H3,(H,16,17). The number of anilines is 1. The predicted molar refractivity (Wildman–Crippen MR) is 70.9 cm³/mol. The summed E-state index contributed by atoms with van der Waals surface area (Å²) < 4.78 is 0. The molecule has 3 nitrogen and oxygen atoms in total. The second-order valence-electron chi connectivity index (χ2n) is 4.57. The van der Waals surface area contributed by atoms with E-state index >= 15 is 0 Å². The van der Waals surface area contributed by atoms with Crippen molar-refractivity contribution in [2.75, 3.05) is 11.9 Å². The maximum atomic E-state index is 11.2. The molecule has 0 aliphatic heterocycles. The zero-order valence-electron chi connectivity index (χ0n) is 11.0. The zero-order chi connectivity index (χ0) is 13.0. The van der Waals surface area contributed by atoms with E-state index in [-0.39, 0.29) is 0 Å². The number of carbonyl (C=O) groups is 1. The highest BCUT2D eigenvalue weighted by Gasteiger charge is 2.16. The summed E-state index contributed by atoms with van der Waals surface area (Å²) in [5.41, 5.74) is 2.26. The summed E-state index contributed by atoms with van der Waals surface area (Å²) in [6.45, 7) is 6.24. The summed E-state index contributed by atoms with van der Waals surface area (Å²) in [6.07, 6.45) is 2.16. The van der Waals surface area contributed by atoms with Crippen LogP contribution >= 0.6 is 0 Å². The van der Waals surface area contributed by atoms with E-state index in [1.807, 2.05) is 26.1 Å². The predicted octanol–water partition coefficient (Wildman–Crippen LogP) is 3.32. The summed E-state index contributed by atoms with van der Waals surface area (Å²) in [7, 11) is 1.96. The van der Waals surface area contributed by atoms with Gasteiger partial charge in [-0.15, -0.1) is 0 Å². The summed E-state index contributed by atoms with van der Waals surface area (Å²) >= 11 is 0. The Bertz CT molecular complexity index is 401. The molecule has 17 heavy (non-hydrogen) atoms. The Morgan fingerprint density at radius 3 is 2.65 bits per heavy atom. The molecular weight excluding hydrogens is 214 g/mol. The molecule has 0 amide bonds. The van der Waals surface area contributed by atoms with Crippen LogP contribution in [0.4, 0.5) is 5.69 Å². The topological polar surface area (TPSA) is 40.5 Å². The molecule has 0 aliphatic carbocycles. The molecule has 0 aromatic heterocycles. The van der Waals surface area contributed by atoms with Gasteiger partial charge in [0, 0.05) is 13.1 Å². The second-order valence-corrected chi connectivity index (χ2v) is 4.57. The van der Waals surface area contributed by atoms with Gasteiger partial charge in [0.05, 0.1) is 11.3 Å². The monoisotopic (exact) mass is 235 g/mol. The van der Waals surface area contributed by atoms with Crippen LogP contribution in [0.1, 0.15) is 42.6 Å². The van der Waals surface area contributed by atoms with Crippen LogP contribution in [-0.2, 0) is 0 Å². The van der Waals surface area contributed by atoms with Gasteiger partial charge in [0.2, 0.25) is 0 Å². The molecule has 1 aromatic rings. The Hall–Kier alpha value is -1.51. The van der Waals surface area contributed by atoms with E-state index in [2.05, 4.69) is 18.7 Å². The van der Waals surface area contributed by atoms with Gasteiger partial charge in [0.15, 0.2) is 0 Å². The molecule has 0 radical (unpaired) electrons. The van der Waals surface area contributed by atoms with Gasteiger partial charge in [-0.25, -0.2) is 4.79 Å². The highest BCUT2D eigenvalue weighted by molar-refractivity contribution is 5.94. The van der Waals surface area contributed by atoms with Crippen molar-refractivity contribution in [3.63, 3.8) is 0 Å². The first-order valence-electron chi connectivity index (χ1n) is 6.04. The van der Waals surface area contributed by atoms with Crippen LogP contribution in [0.2, 0.25) is 0 Å². The number of carboxylic acid groups (broad SMARTS) is 1. The molecule has 94 valence electrons. The number of carboxylic acids is 1. The molecule has 0 heterocycles. The van der Waals surface area contributed by atoms with Crippen LogP contribution in [-0.4, -0.2) is 24.2 Å². The summed E-state index contributed by atoms with van der Waals surface area (Å²) in [4.78, 5) is 13.2. The Kier molecular flexibility index (Phi) is 4.55. The first kappa shape index (κ1) is 13.6. The molecule has 0 fully saturated rings. The molecule has 1 atom stereocenters. The van der Waals surface area contributed by atoms with Crippen molar-refractivity contribution in [2.45, 2.75) is 39.7 Å². The van der Waals surface area contributed by atoms with Gasteiger partial charge in [-0.2, -0.15) is 0 Å². The Morgan fingerprint density at radius 1 is 1.47 bits per heavy atom. The van der Waals surface area contributed by atoms with Gasteiger partial charge in [0.25, 0.3) is 0 Å². The Balaban J connectivity index is 3.10. The van der Waals surface area contributed by atoms with E-state index in [0.717, 1.165) is 24.1 Å². The zero-order valence-corrected chi connectivity index (χ0v) is 11.0. The molecule has 3 heteroatoms. The van der Waals surface area contributed by atoms with Crippen molar-refractivity contribution >= 4 is 11.7 Å². The number of hydrogen-bond acceptors (Lipinski definition) is 2. The average Bonchev–Trinajstić information content (AvgIpc) is 2.27. The van der Waals surface area contributed by atoms with Gasteiger partial charge in [0.1, 0.15) is 0 Å². The molecule has 1 rings (SSSR count). The molecule has 1 unspecified atom stereocenters. The number of nitrogens with zero attached hydrogens (tertiary/aromatic N) is 1. The number of benzene rings is 1. The summed E-state index contributed by atoms with van der Waals surface area (Å²) in [5, 5.41) is 9.19. The van der Waals surface area contributed by atoms with Gasteiger partial charge in [-0.1, -0.05) is 19.4 Å². The van der Waals surface area contributed by atoms with Gasteiger partial charge in [-0.3, -0.25) is 0 Å². The van der Waals surface area contributed by atoms with Crippen LogP contribution in [0, 0.1) is 6.92 Å². The largest absolute Gasteiger partial charge is 0.478 e. The summed E-state index contributed by atoms with van der Waals surface area (Å²) in [6, 6.07) is 5.81. The molecule has 0 saturated heterocycles. The SMILES string of the molecule is CCCC(C)N(C)c1cc(C)ccc1C(=O)O. The number of hydrogen-bond donors (Lipinski definition) is 1. The third-order valence-electron chi connectivity index (χ3n) is 3.13. The smallest absolute Gasteiger partial charge is 0.337 e. The molecule has 1 N–H and O–H groups in total. The molecule has 0 aliphatic rings. The first-order chi connectivity index (χ1) is 7.97. The second kappa shape index (κ2) is 5.71.